The number of carbonyl (C=O) groups is 1. The normalized spacial score (nSPS) is 17.1. The topological polar surface area (TPSA) is 80.0 Å². The van der Waals surface area contributed by atoms with E-state index in [1.54, 1.807) is 22.5 Å². The van der Waals surface area contributed by atoms with Crippen molar-refractivity contribution in [2.45, 2.75) is 10.9 Å². The molecule has 20 heavy (non-hydrogen) atoms. The maximum atomic E-state index is 11.2. The first-order chi connectivity index (χ1) is 9.69. The molecule has 2 aromatic rings. The van der Waals surface area contributed by atoms with E-state index in [-0.39, 0.29) is 11.7 Å². The predicted octanol–water partition coefficient (Wildman–Crippen LogP) is 1.98. The van der Waals surface area contributed by atoms with Crippen molar-refractivity contribution < 1.29 is 9.90 Å². The Morgan fingerprint density at radius 3 is 2.80 bits per heavy atom. The summed E-state index contributed by atoms with van der Waals surface area (Å²) in [5.74, 6) is -0.575. The minimum Gasteiger partial charge on any atom is -0.477 e. The number of rotatable bonds is 3. The Balaban J connectivity index is 2.04. The van der Waals surface area contributed by atoms with Crippen LogP contribution in [0.1, 0.15) is 11.6 Å². The first-order valence-corrected chi connectivity index (χ1v) is 7.17. The fraction of sp³-hybridized carbons (Fsp3) is 0.154. The monoisotopic (exact) mass is 288 g/mol. The van der Waals surface area contributed by atoms with Gasteiger partial charge in [-0.2, -0.15) is 10.1 Å². The Bertz CT molecular complexity index is 678. The fourth-order valence-corrected chi connectivity index (χ4v) is 2.51. The van der Waals surface area contributed by atoms with Gasteiger partial charge in [-0.05, 0) is 30.0 Å². The fourth-order valence-electron chi connectivity index (χ4n) is 2.10. The first-order valence-electron chi connectivity index (χ1n) is 5.94. The molecule has 0 saturated carbocycles. The molecule has 0 radical (unpaired) electrons. The third-order valence-electron chi connectivity index (χ3n) is 3.10. The van der Waals surface area contributed by atoms with E-state index >= 15 is 0 Å². The SMILES string of the molecule is CSc1ccc([C@@H]2C=C(C(=O)O)Nc3ncnn32)cc1. The summed E-state index contributed by atoms with van der Waals surface area (Å²) in [5.41, 5.74) is 1.08. The average molecular weight is 288 g/mol. The number of thioether (sulfide) groups is 1. The second-order valence-corrected chi connectivity index (χ2v) is 5.14. The van der Waals surface area contributed by atoms with Gasteiger partial charge in [0.2, 0.25) is 5.95 Å². The lowest BCUT2D eigenvalue weighted by molar-refractivity contribution is -0.132. The molecule has 1 aromatic heterocycles. The van der Waals surface area contributed by atoms with Crippen LogP contribution in [0.3, 0.4) is 0 Å². The van der Waals surface area contributed by atoms with E-state index in [1.807, 2.05) is 30.5 Å². The highest BCUT2D eigenvalue weighted by Gasteiger charge is 2.25. The number of carboxylic acid groups (broad SMARTS) is 1. The lowest BCUT2D eigenvalue weighted by Gasteiger charge is -2.22. The first kappa shape index (κ1) is 12.7. The number of aromatic nitrogens is 3. The molecule has 6 nitrogen and oxygen atoms in total. The Labute approximate surface area is 119 Å². The molecule has 102 valence electrons. The van der Waals surface area contributed by atoms with Gasteiger partial charge in [0.25, 0.3) is 0 Å². The van der Waals surface area contributed by atoms with Gasteiger partial charge in [0.05, 0.1) is 0 Å². The molecule has 0 fully saturated rings. The number of nitrogens with zero attached hydrogens (tertiary/aromatic N) is 3. The van der Waals surface area contributed by atoms with E-state index in [0.717, 1.165) is 10.5 Å². The Morgan fingerprint density at radius 1 is 1.40 bits per heavy atom. The quantitative estimate of drug-likeness (QED) is 0.841. The van der Waals surface area contributed by atoms with Crippen LogP contribution in [-0.2, 0) is 4.79 Å². The summed E-state index contributed by atoms with van der Waals surface area (Å²) in [6, 6.07) is 7.70. The van der Waals surface area contributed by atoms with Crippen LogP contribution in [0.2, 0.25) is 0 Å². The van der Waals surface area contributed by atoms with Gasteiger partial charge in [-0.3, -0.25) is 0 Å². The van der Waals surface area contributed by atoms with Crippen LogP contribution in [0.4, 0.5) is 5.95 Å². The molecule has 0 aliphatic carbocycles. The maximum Gasteiger partial charge on any atom is 0.352 e. The molecular weight excluding hydrogens is 276 g/mol. The summed E-state index contributed by atoms with van der Waals surface area (Å²) in [7, 11) is 0. The highest BCUT2D eigenvalue weighted by Crippen LogP contribution is 2.29. The van der Waals surface area contributed by atoms with E-state index < -0.39 is 5.97 Å². The van der Waals surface area contributed by atoms with E-state index in [1.165, 1.54) is 6.33 Å². The number of hydrogen-bond donors (Lipinski definition) is 2. The van der Waals surface area contributed by atoms with Crippen molar-refractivity contribution in [1.29, 1.82) is 0 Å². The molecule has 0 bridgehead atoms. The molecule has 7 heteroatoms. The molecule has 1 aromatic carbocycles. The molecule has 2 heterocycles. The molecule has 0 amide bonds. The number of allylic oxidation sites excluding steroid dienone is 1. The average Bonchev–Trinajstić information content (AvgIpc) is 2.94. The van der Waals surface area contributed by atoms with Crippen molar-refractivity contribution in [3.63, 3.8) is 0 Å². The van der Waals surface area contributed by atoms with Crippen molar-refractivity contribution >= 4 is 23.7 Å². The van der Waals surface area contributed by atoms with Crippen molar-refractivity contribution in [3.8, 4) is 0 Å². The highest BCUT2D eigenvalue weighted by atomic mass is 32.2. The van der Waals surface area contributed by atoms with E-state index in [0.29, 0.717) is 5.95 Å². The number of aliphatic carboxylic acids is 1. The maximum absolute atomic E-state index is 11.2. The van der Waals surface area contributed by atoms with Gasteiger partial charge >= 0.3 is 5.97 Å². The van der Waals surface area contributed by atoms with Crippen LogP contribution in [0.5, 0.6) is 0 Å². The zero-order valence-electron chi connectivity index (χ0n) is 10.6. The largest absolute Gasteiger partial charge is 0.477 e. The number of fused-ring (bicyclic) bond motifs is 1. The van der Waals surface area contributed by atoms with Gasteiger partial charge in [0.15, 0.2) is 0 Å². The number of carboxylic acids is 1. The smallest absolute Gasteiger partial charge is 0.352 e. The number of hydrogen-bond acceptors (Lipinski definition) is 5. The van der Waals surface area contributed by atoms with Crippen molar-refractivity contribution in [1.82, 2.24) is 14.8 Å². The lowest BCUT2D eigenvalue weighted by atomic mass is 10.0. The van der Waals surface area contributed by atoms with Crippen molar-refractivity contribution in [2.75, 3.05) is 11.6 Å². The van der Waals surface area contributed by atoms with E-state index in [9.17, 15) is 4.79 Å². The zero-order chi connectivity index (χ0) is 14.1. The van der Waals surface area contributed by atoms with Crippen LogP contribution >= 0.6 is 11.8 Å². The van der Waals surface area contributed by atoms with Crippen molar-refractivity contribution in [3.05, 3.63) is 47.9 Å². The minimum absolute atomic E-state index is 0.115. The minimum atomic E-state index is -1.01. The van der Waals surface area contributed by atoms with Gasteiger partial charge in [0.1, 0.15) is 18.1 Å². The molecular formula is C13H12N4O2S. The van der Waals surface area contributed by atoms with Gasteiger partial charge in [-0.25, -0.2) is 9.48 Å². The Morgan fingerprint density at radius 2 is 2.15 bits per heavy atom. The summed E-state index contributed by atoms with van der Waals surface area (Å²) < 4.78 is 1.67. The summed E-state index contributed by atoms with van der Waals surface area (Å²) in [5, 5.41) is 16.1. The summed E-state index contributed by atoms with van der Waals surface area (Å²) in [6.45, 7) is 0. The second kappa shape index (κ2) is 5.01. The second-order valence-electron chi connectivity index (χ2n) is 4.26. The Hall–Kier alpha value is -2.28. The van der Waals surface area contributed by atoms with Crippen LogP contribution in [0, 0.1) is 0 Å². The van der Waals surface area contributed by atoms with E-state index in [2.05, 4.69) is 15.4 Å². The number of benzene rings is 1. The number of anilines is 1. The van der Waals surface area contributed by atoms with Crippen LogP contribution in [0.25, 0.3) is 0 Å². The van der Waals surface area contributed by atoms with Crippen LogP contribution in [-0.4, -0.2) is 32.1 Å². The summed E-state index contributed by atoms with van der Waals surface area (Å²) >= 11 is 1.66. The van der Waals surface area contributed by atoms with Gasteiger partial charge in [-0.15, -0.1) is 11.8 Å². The third kappa shape index (κ3) is 2.16. The van der Waals surface area contributed by atoms with E-state index in [4.69, 9.17) is 5.11 Å². The highest BCUT2D eigenvalue weighted by molar-refractivity contribution is 7.98. The lowest BCUT2D eigenvalue weighted by Crippen LogP contribution is -2.24. The molecule has 0 unspecified atom stereocenters. The molecule has 0 saturated heterocycles. The molecule has 1 aliphatic heterocycles. The summed E-state index contributed by atoms with van der Waals surface area (Å²) in [4.78, 5) is 16.4. The van der Waals surface area contributed by atoms with Crippen molar-refractivity contribution in [2.24, 2.45) is 0 Å². The molecule has 3 rings (SSSR count). The predicted molar refractivity (Wildman–Crippen MR) is 75.7 cm³/mol. The molecule has 1 aliphatic rings. The van der Waals surface area contributed by atoms with Gasteiger partial charge in [-0.1, -0.05) is 12.1 Å². The molecule has 0 spiro atoms. The Kier molecular flexibility index (Phi) is 3.19. The standard InChI is InChI=1S/C13H12N4O2S/c1-20-9-4-2-8(3-5-9)11-6-10(12(18)19)16-13-14-7-15-17(11)13/h2-7,11H,1H3,(H,18,19)(H,14,15,16)/t11-/m0/s1. The number of nitrogens with one attached hydrogen (secondary N) is 1. The molecule has 2 N–H and O–H groups in total. The van der Waals surface area contributed by atoms with Crippen LogP contribution < -0.4 is 5.32 Å². The third-order valence-corrected chi connectivity index (χ3v) is 3.84. The summed E-state index contributed by atoms with van der Waals surface area (Å²) in [6.07, 6.45) is 5.06. The zero-order valence-corrected chi connectivity index (χ0v) is 11.5. The molecule has 1 atom stereocenters. The van der Waals surface area contributed by atoms with Gasteiger partial charge in [0, 0.05) is 4.90 Å². The van der Waals surface area contributed by atoms with Crippen LogP contribution in [0.15, 0.2) is 47.3 Å². The van der Waals surface area contributed by atoms with Gasteiger partial charge < -0.3 is 10.4 Å².